The van der Waals surface area contributed by atoms with E-state index in [9.17, 15) is 14.4 Å². The van der Waals surface area contributed by atoms with Gasteiger partial charge in [-0.3, -0.25) is 14.5 Å². The Morgan fingerprint density at radius 1 is 1.03 bits per heavy atom. The fourth-order valence-corrected chi connectivity index (χ4v) is 5.78. The molecule has 1 aliphatic carbocycles. The van der Waals surface area contributed by atoms with Gasteiger partial charge >= 0.3 is 5.97 Å². The van der Waals surface area contributed by atoms with E-state index in [2.05, 4.69) is 24.1 Å². The predicted octanol–water partition coefficient (Wildman–Crippen LogP) is 4.70. The third-order valence-electron chi connectivity index (χ3n) is 8.18. The van der Waals surface area contributed by atoms with Gasteiger partial charge in [-0.15, -0.1) is 0 Å². The van der Waals surface area contributed by atoms with Crippen molar-refractivity contribution in [2.75, 3.05) is 20.2 Å². The second-order valence-electron chi connectivity index (χ2n) is 11.1. The lowest BCUT2D eigenvalue weighted by molar-refractivity contribution is -0.141. The molecule has 2 amide bonds. The molecule has 2 aliphatic rings. The Kier molecular flexibility index (Phi) is 12.4. The number of likely N-dealkylation sites (tertiary alicyclic amines) is 1. The molecule has 1 heterocycles. The molecule has 7 nitrogen and oxygen atoms in total. The number of esters is 1. The number of likely N-dealkylation sites (N-methyl/N-ethyl adjacent to an activating group) is 1. The van der Waals surface area contributed by atoms with Crippen LogP contribution in [-0.2, 0) is 19.1 Å². The first-order valence-electron chi connectivity index (χ1n) is 14.3. The molecule has 1 aliphatic heterocycles. The van der Waals surface area contributed by atoms with Crippen molar-refractivity contribution in [2.45, 2.75) is 123 Å². The topological polar surface area (TPSA) is 79.0 Å². The Labute approximate surface area is 219 Å². The lowest BCUT2D eigenvalue weighted by Crippen LogP contribution is -2.59. The Morgan fingerprint density at radius 2 is 1.67 bits per heavy atom. The van der Waals surface area contributed by atoms with E-state index < -0.39 is 6.04 Å². The molecule has 0 radical (unpaired) electrons. The molecule has 1 saturated carbocycles. The average molecular weight is 506 g/mol. The SMILES string of the molecule is CCOC(=O)/C(C)=C/[C@H](C(C)C)N(C)C(=O)[C@@H](NC(=O)C1CCCCN1C(C)CC)C1CCCCC1. The number of nitrogens with one attached hydrogen (secondary N) is 1. The van der Waals surface area contributed by atoms with E-state index >= 15 is 0 Å². The molecular weight excluding hydrogens is 454 g/mol. The van der Waals surface area contributed by atoms with Crippen molar-refractivity contribution in [2.24, 2.45) is 11.8 Å². The molecule has 0 aromatic carbocycles. The summed E-state index contributed by atoms with van der Waals surface area (Å²) in [7, 11) is 1.80. The maximum Gasteiger partial charge on any atom is 0.333 e. The summed E-state index contributed by atoms with van der Waals surface area (Å²) >= 11 is 0. The fraction of sp³-hybridized carbons (Fsp3) is 0.828. The third kappa shape index (κ3) is 8.06. The van der Waals surface area contributed by atoms with Crippen molar-refractivity contribution < 1.29 is 19.1 Å². The van der Waals surface area contributed by atoms with Crippen molar-refractivity contribution in [3.05, 3.63) is 11.6 Å². The highest BCUT2D eigenvalue weighted by atomic mass is 16.5. The summed E-state index contributed by atoms with van der Waals surface area (Å²) in [6.45, 7) is 13.2. The highest BCUT2D eigenvalue weighted by molar-refractivity contribution is 5.91. The number of piperidine rings is 1. The highest BCUT2D eigenvalue weighted by Crippen LogP contribution is 2.29. The number of hydrogen-bond donors (Lipinski definition) is 1. The second-order valence-corrected chi connectivity index (χ2v) is 11.1. The lowest BCUT2D eigenvalue weighted by atomic mass is 9.82. The van der Waals surface area contributed by atoms with Crippen LogP contribution in [0.15, 0.2) is 11.6 Å². The molecule has 1 N–H and O–H groups in total. The molecule has 206 valence electrons. The van der Waals surface area contributed by atoms with Gasteiger partial charge in [0.1, 0.15) is 6.04 Å². The monoisotopic (exact) mass is 505 g/mol. The van der Waals surface area contributed by atoms with Gasteiger partial charge in [0.2, 0.25) is 11.8 Å². The summed E-state index contributed by atoms with van der Waals surface area (Å²) in [5.74, 6) is -0.186. The van der Waals surface area contributed by atoms with E-state index in [1.807, 2.05) is 19.9 Å². The Balaban J connectivity index is 2.28. The van der Waals surface area contributed by atoms with Crippen LogP contribution in [0.4, 0.5) is 0 Å². The van der Waals surface area contributed by atoms with E-state index in [4.69, 9.17) is 4.74 Å². The van der Waals surface area contributed by atoms with Gasteiger partial charge in [0, 0.05) is 18.7 Å². The van der Waals surface area contributed by atoms with E-state index in [1.165, 1.54) is 6.42 Å². The number of amides is 2. The van der Waals surface area contributed by atoms with Crippen molar-refractivity contribution in [3.63, 3.8) is 0 Å². The summed E-state index contributed by atoms with van der Waals surface area (Å²) in [6, 6.07) is -0.643. The molecule has 2 rings (SSSR count). The maximum absolute atomic E-state index is 14.0. The van der Waals surface area contributed by atoms with Crippen molar-refractivity contribution >= 4 is 17.8 Å². The molecular formula is C29H51N3O4. The minimum atomic E-state index is -0.541. The van der Waals surface area contributed by atoms with Gasteiger partial charge in [-0.05, 0) is 71.3 Å². The quantitative estimate of drug-likeness (QED) is 0.325. The van der Waals surface area contributed by atoms with Gasteiger partial charge in [0.25, 0.3) is 0 Å². The van der Waals surface area contributed by atoms with E-state index in [1.54, 1.807) is 25.8 Å². The molecule has 36 heavy (non-hydrogen) atoms. The molecule has 0 bridgehead atoms. The first-order valence-corrected chi connectivity index (χ1v) is 14.3. The van der Waals surface area contributed by atoms with Crippen molar-refractivity contribution in [1.82, 2.24) is 15.1 Å². The van der Waals surface area contributed by atoms with Gasteiger partial charge in [-0.2, -0.15) is 0 Å². The maximum atomic E-state index is 14.0. The van der Waals surface area contributed by atoms with Crippen LogP contribution in [-0.4, -0.2) is 72.0 Å². The second kappa shape index (κ2) is 14.7. The molecule has 2 unspecified atom stereocenters. The number of carbonyl (C=O) groups excluding carboxylic acids is 3. The minimum absolute atomic E-state index is 0.00772. The van der Waals surface area contributed by atoms with Gasteiger partial charge in [0.05, 0.1) is 18.7 Å². The van der Waals surface area contributed by atoms with E-state index in [-0.39, 0.29) is 41.7 Å². The van der Waals surface area contributed by atoms with Crippen LogP contribution in [0.3, 0.4) is 0 Å². The third-order valence-corrected chi connectivity index (χ3v) is 8.18. The molecule has 0 aromatic heterocycles. The van der Waals surface area contributed by atoms with Crippen LogP contribution >= 0.6 is 0 Å². The Morgan fingerprint density at radius 3 is 2.25 bits per heavy atom. The molecule has 4 atom stereocenters. The summed E-state index contributed by atoms with van der Waals surface area (Å²) in [4.78, 5) is 44.0. The summed E-state index contributed by atoms with van der Waals surface area (Å²) in [5, 5.41) is 3.25. The molecule has 0 spiro atoms. The lowest BCUT2D eigenvalue weighted by Gasteiger charge is -2.41. The zero-order valence-electron chi connectivity index (χ0n) is 23.8. The van der Waals surface area contributed by atoms with Crippen molar-refractivity contribution in [3.8, 4) is 0 Å². The van der Waals surface area contributed by atoms with Crippen LogP contribution in [0, 0.1) is 11.8 Å². The smallest absolute Gasteiger partial charge is 0.333 e. The van der Waals surface area contributed by atoms with Gasteiger partial charge < -0.3 is 15.0 Å². The number of ether oxygens (including phenoxy) is 1. The van der Waals surface area contributed by atoms with Crippen LogP contribution < -0.4 is 5.32 Å². The zero-order chi connectivity index (χ0) is 26.8. The molecule has 0 aromatic rings. The van der Waals surface area contributed by atoms with Crippen LogP contribution in [0.1, 0.15) is 99.3 Å². The van der Waals surface area contributed by atoms with E-state index in [0.29, 0.717) is 18.2 Å². The Hall–Kier alpha value is -1.89. The minimum Gasteiger partial charge on any atom is -0.463 e. The fourth-order valence-electron chi connectivity index (χ4n) is 5.78. The van der Waals surface area contributed by atoms with E-state index in [0.717, 1.165) is 57.9 Å². The average Bonchev–Trinajstić information content (AvgIpc) is 2.89. The normalized spacial score (nSPS) is 22.6. The molecule has 2 fully saturated rings. The van der Waals surface area contributed by atoms with Crippen LogP contribution in [0.25, 0.3) is 0 Å². The first-order chi connectivity index (χ1) is 17.1. The van der Waals surface area contributed by atoms with Gasteiger partial charge in [-0.25, -0.2) is 4.79 Å². The van der Waals surface area contributed by atoms with Crippen LogP contribution in [0.2, 0.25) is 0 Å². The zero-order valence-corrected chi connectivity index (χ0v) is 23.8. The Bertz CT molecular complexity index is 760. The number of rotatable bonds is 11. The summed E-state index contributed by atoms with van der Waals surface area (Å²) < 4.78 is 5.15. The largest absolute Gasteiger partial charge is 0.463 e. The van der Waals surface area contributed by atoms with Crippen LogP contribution in [0.5, 0.6) is 0 Å². The number of carbonyl (C=O) groups is 3. The number of hydrogen-bond acceptors (Lipinski definition) is 5. The van der Waals surface area contributed by atoms with Crippen molar-refractivity contribution in [1.29, 1.82) is 0 Å². The summed E-state index contributed by atoms with van der Waals surface area (Å²) in [5.41, 5.74) is 0.500. The molecule has 7 heteroatoms. The predicted molar refractivity (Wildman–Crippen MR) is 144 cm³/mol. The first kappa shape index (κ1) is 30.3. The number of nitrogens with zero attached hydrogens (tertiary/aromatic N) is 2. The molecule has 1 saturated heterocycles. The highest BCUT2D eigenvalue weighted by Gasteiger charge is 2.38. The summed E-state index contributed by atoms with van der Waals surface area (Å²) in [6.07, 6.45) is 11.1. The van der Waals surface area contributed by atoms with Gasteiger partial charge in [0.15, 0.2) is 0 Å². The standard InChI is InChI=1S/C29H51N3O4/c1-8-22(6)32-18-14-13-17-24(32)27(33)30-26(23-15-11-10-12-16-23)28(34)31(7)25(20(3)4)19-21(5)29(35)36-9-2/h19-20,22-26H,8-18H2,1-7H3,(H,30,33)/b21-19+/t22?,24?,25-,26+/m1/s1. The van der Waals surface area contributed by atoms with Gasteiger partial charge in [-0.1, -0.05) is 52.5 Å².